The highest BCUT2D eigenvalue weighted by atomic mass is 16.1. The van der Waals surface area contributed by atoms with Crippen LogP contribution in [0.2, 0.25) is 0 Å². The summed E-state index contributed by atoms with van der Waals surface area (Å²) < 4.78 is 0. The Kier molecular flexibility index (Phi) is 3.17. The minimum absolute atomic E-state index is 0.0973. The molecule has 0 saturated carbocycles. The first kappa shape index (κ1) is 13.6. The maximum Gasteiger partial charge on any atom is 0.162 e. The molecule has 0 radical (unpaired) electrons. The monoisotopic (exact) mass is 277 g/mol. The average Bonchev–Trinajstić information content (AvgIpc) is 2.80. The summed E-state index contributed by atoms with van der Waals surface area (Å²) in [7, 11) is 0. The summed E-state index contributed by atoms with van der Waals surface area (Å²) in [6.45, 7) is 7.88. The molecule has 1 N–H and O–H groups in total. The second-order valence-corrected chi connectivity index (χ2v) is 5.78. The first-order chi connectivity index (χ1) is 9.97. The van der Waals surface area contributed by atoms with Crippen LogP contribution in [0, 0.1) is 20.8 Å². The quantitative estimate of drug-likeness (QED) is 0.659. The number of aryl methyl sites for hydroxylation is 3. The largest absolute Gasteiger partial charge is 0.354 e. The van der Waals surface area contributed by atoms with Crippen molar-refractivity contribution < 1.29 is 4.79 Å². The lowest BCUT2D eigenvalue weighted by Crippen LogP contribution is -1.94. The van der Waals surface area contributed by atoms with Crippen molar-refractivity contribution in [1.82, 2.24) is 4.98 Å². The molecule has 2 heteroatoms. The second-order valence-electron chi connectivity index (χ2n) is 5.78. The molecule has 0 fully saturated rings. The fourth-order valence-electron chi connectivity index (χ4n) is 2.78. The minimum Gasteiger partial charge on any atom is -0.354 e. The number of carbonyl (C=O) groups excluding carboxylic acids is 1. The maximum absolute atomic E-state index is 12.2. The zero-order chi connectivity index (χ0) is 15.1. The number of hydrogen-bond acceptors (Lipinski definition) is 1. The average molecular weight is 277 g/mol. The summed E-state index contributed by atoms with van der Waals surface area (Å²) in [5, 5.41) is 1.01. The van der Waals surface area contributed by atoms with Crippen molar-refractivity contribution >= 4 is 16.7 Å². The lowest BCUT2D eigenvalue weighted by molar-refractivity contribution is 0.102. The van der Waals surface area contributed by atoms with Crippen LogP contribution in [0.4, 0.5) is 0 Å². The van der Waals surface area contributed by atoms with Crippen LogP contribution >= 0.6 is 0 Å². The fourth-order valence-corrected chi connectivity index (χ4v) is 2.78. The highest BCUT2D eigenvalue weighted by Crippen LogP contribution is 2.32. The third kappa shape index (κ3) is 2.27. The smallest absolute Gasteiger partial charge is 0.162 e. The first-order valence-electron chi connectivity index (χ1n) is 7.18. The number of aromatic amines is 1. The van der Waals surface area contributed by atoms with Gasteiger partial charge in [-0.2, -0.15) is 0 Å². The number of H-pyrrole nitrogens is 1. The Hall–Kier alpha value is -2.35. The maximum atomic E-state index is 12.2. The van der Waals surface area contributed by atoms with Crippen LogP contribution in [0.3, 0.4) is 0 Å². The summed E-state index contributed by atoms with van der Waals surface area (Å²) in [5.74, 6) is 0.0973. The van der Waals surface area contributed by atoms with E-state index >= 15 is 0 Å². The summed E-state index contributed by atoms with van der Waals surface area (Å²) in [6, 6.07) is 12.5. The number of nitrogens with one attached hydrogen (secondary N) is 1. The van der Waals surface area contributed by atoms with E-state index in [-0.39, 0.29) is 5.78 Å². The van der Waals surface area contributed by atoms with Gasteiger partial charge < -0.3 is 4.98 Å². The summed E-state index contributed by atoms with van der Waals surface area (Å²) in [4.78, 5) is 15.6. The molecule has 0 aliphatic heterocycles. The van der Waals surface area contributed by atoms with Crippen LogP contribution in [0.5, 0.6) is 0 Å². The van der Waals surface area contributed by atoms with E-state index in [0.29, 0.717) is 0 Å². The molecule has 2 nitrogen and oxygen atoms in total. The van der Waals surface area contributed by atoms with Gasteiger partial charge in [-0.1, -0.05) is 23.8 Å². The third-order valence-corrected chi connectivity index (χ3v) is 4.10. The fraction of sp³-hybridized carbons (Fsp3) is 0.211. The van der Waals surface area contributed by atoms with Crippen LogP contribution in [0.15, 0.2) is 36.4 Å². The van der Waals surface area contributed by atoms with Crippen molar-refractivity contribution in [3.05, 3.63) is 58.7 Å². The predicted octanol–water partition coefficient (Wildman–Crippen LogP) is 4.96. The van der Waals surface area contributed by atoms with E-state index in [2.05, 4.69) is 49.2 Å². The molecule has 0 aliphatic rings. The Balaban J connectivity index is 2.33. The second kappa shape index (κ2) is 4.88. The Morgan fingerprint density at radius 2 is 1.71 bits per heavy atom. The van der Waals surface area contributed by atoms with E-state index in [4.69, 9.17) is 0 Å². The van der Waals surface area contributed by atoms with E-state index in [0.717, 1.165) is 33.3 Å². The molecule has 106 valence electrons. The number of benzene rings is 2. The van der Waals surface area contributed by atoms with Crippen molar-refractivity contribution in [2.45, 2.75) is 27.7 Å². The molecule has 0 atom stereocenters. The van der Waals surface area contributed by atoms with E-state index in [1.165, 1.54) is 11.1 Å². The molecule has 0 unspecified atom stereocenters. The van der Waals surface area contributed by atoms with E-state index in [1.54, 1.807) is 6.92 Å². The topological polar surface area (TPSA) is 32.9 Å². The Morgan fingerprint density at radius 1 is 0.952 bits per heavy atom. The van der Waals surface area contributed by atoms with Gasteiger partial charge in [0, 0.05) is 10.9 Å². The van der Waals surface area contributed by atoms with Crippen molar-refractivity contribution in [3.63, 3.8) is 0 Å². The molecule has 1 heterocycles. The SMILES string of the molecule is CC(=O)c1c(-c2ccc(C)c(C)c2)[nH]c2ccc(C)cc12. The van der Waals surface area contributed by atoms with Crippen LogP contribution in [-0.2, 0) is 0 Å². The lowest BCUT2D eigenvalue weighted by Gasteiger charge is -2.06. The first-order valence-corrected chi connectivity index (χ1v) is 7.18. The number of fused-ring (bicyclic) bond motifs is 1. The molecule has 0 amide bonds. The zero-order valence-electron chi connectivity index (χ0n) is 12.9. The molecule has 0 spiro atoms. The number of carbonyl (C=O) groups is 1. The van der Waals surface area contributed by atoms with Gasteiger partial charge in [-0.05, 0) is 62.6 Å². The van der Waals surface area contributed by atoms with Gasteiger partial charge in [0.15, 0.2) is 5.78 Å². The molecule has 0 saturated heterocycles. The van der Waals surface area contributed by atoms with Gasteiger partial charge in [0.05, 0.1) is 11.3 Å². The van der Waals surface area contributed by atoms with Gasteiger partial charge in [-0.15, -0.1) is 0 Å². The highest BCUT2D eigenvalue weighted by molar-refractivity contribution is 6.12. The Bertz CT molecular complexity index is 855. The van der Waals surface area contributed by atoms with Crippen molar-refractivity contribution in [1.29, 1.82) is 0 Å². The zero-order valence-corrected chi connectivity index (χ0v) is 12.9. The third-order valence-electron chi connectivity index (χ3n) is 4.10. The molecule has 3 rings (SSSR count). The molecule has 3 aromatic rings. The Morgan fingerprint density at radius 3 is 2.38 bits per heavy atom. The molecular weight excluding hydrogens is 258 g/mol. The minimum atomic E-state index is 0.0973. The summed E-state index contributed by atoms with van der Waals surface area (Å²) >= 11 is 0. The normalized spacial score (nSPS) is 11.0. The van der Waals surface area contributed by atoms with Gasteiger partial charge in [-0.3, -0.25) is 4.79 Å². The van der Waals surface area contributed by atoms with E-state index < -0.39 is 0 Å². The van der Waals surface area contributed by atoms with Crippen LogP contribution < -0.4 is 0 Å². The van der Waals surface area contributed by atoms with Gasteiger partial charge in [0.1, 0.15) is 0 Å². The van der Waals surface area contributed by atoms with Gasteiger partial charge >= 0.3 is 0 Å². The lowest BCUT2D eigenvalue weighted by atomic mass is 9.99. The number of Topliss-reactive ketones (excluding diaryl/α,β-unsaturated/α-hetero) is 1. The van der Waals surface area contributed by atoms with E-state index in [1.807, 2.05) is 13.0 Å². The highest BCUT2D eigenvalue weighted by Gasteiger charge is 2.17. The Labute approximate surface area is 124 Å². The molecule has 0 bridgehead atoms. The van der Waals surface area contributed by atoms with E-state index in [9.17, 15) is 4.79 Å². The van der Waals surface area contributed by atoms with Crippen LogP contribution in [0.25, 0.3) is 22.2 Å². The molecule has 1 aromatic heterocycles. The van der Waals surface area contributed by atoms with Crippen molar-refractivity contribution in [3.8, 4) is 11.3 Å². The summed E-state index contributed by atoms with van der Waals surface area (Å²) in [5.41, 5.74) is 7.45. The number of ketones is 1. The standard InChI is InChI=1S/C19H19NO/c1-11-5-8-17-16(9-11)18(14(4)21)19(20-17)15-7-6-12(2)13(3)10-15/h5-10,20H,1-4H3. The molecule has 0 aliphatic carbocycles. The number of hydrogen-bond donors (Lipinski definition) is 1. The molecular formula is C19H19NO. The van der Waals surface area contributed by atoms with Gasteiger partial charge in [-0.25, -0.2) is 0 Å². The van der Waals surface area contributed by atoms with Crippen LogP contribution in [0.1, 0.15) is 34.0 Å². The van der Waals surface area contributed by atoms with Gasteiger partial charge in [0.2, 0.25) is 0 Å². The molecule has 2 aromatic carbocycles. The predicted molar refractivity (Wildman–Crippen MR) is 88.0 cm³/mol. The summed E-state index contributed by atoms with van der Waals surface area (Å²) in [6.07, 6.45) is 0. The number of aromatic nitrogens is 1. The van der Waals surface area contributed by atoms with Crippen molar-refractivity contribution in [2.24, 2.45) is 0 Å². The van der Waals surface area contributed by atoms with Crippen LogP contribution in [-0.4, -0.2) is 10.8 Å². The number of rotatable bonds is 2. The van der Waals surface area contributed by atoms with Gasteiger partial charge in [0.25, 0.3) is 0 Å². The van der Waals surface area contributed by atoms with Crippen molar-refractivity contribution in [2.75, 3.05) is 0 Å². The molecule has 21 heavy (non-hydrogen) atoms.